The monoisotopic (exact) mass is 263 g/mol. The molecule has 0 unspecified atom stereocenters. The molecule has 1 aromatic carbocycles. The van der Waals surface area contributed by atoms with Crippen molar-refractivity contribution in [2.45, 2.75) is 18.2 Å². The van der Waals surface area contributed by atoms with Crippen LogP contribution in [-0.2, 0) is 6.42 Å². The van der Waals surface area contributed by atoms with Crippen molar-refractivity contribution in [3.63, 3.8) is 0 Å². The third-order valence-corrected chi connectivity index (χ3v) is 4.43. The van der Waals surface area contributed by atoms with Gasteiger partial charge in [-0.3, -0.25) is 4.79 Å². The number of hydrogen-bond donors (Lipinski definition) is 0. The highest BCUT2D eigenvalue weighted by Crippen LogP contribution is 2.22. The molecule has 0 aliphatic rings. The van der Waals surface area contributed by atoms with E-state index in [4.69, 9.17) is 0 Å². The van der Waals surface area contributed by atoms with E-state index < -0.39 is 0 Å². The minimum Gasteiger partial charge on any atom is -0.298 e. The molecular weight excluding hydrogens is 250 g/mol. The summed E-state index contributed by atoms with van der Waals surface area (Å²) in [6.07, 6.45) is 1.92. The largest absolute Gasteiger partial charge is 0.298 e. The predicted molar refractivity (Wildman–Crippen MR) is 73.1 cm³/mol. The summed E-state index contributed by atoms with van der Waals surface area (Å²) in [6, 6.07) is 7.71. The van der Waals surface area contributed by atoms with Gasteiger partial charge >= 0.3 is 0 Å². The van der Waals surface area contributed by atoms with Gasteiger partial charge in [-0.1, -0.05) is 12.1 Å². The molecule has 0 atom stereocenters. The van der Waals surface area contributed by atoms with Crippen LogP contribution in [0.3, 0.4) is 0 Å². The van der Waals surface area contributed by atoms with E-state index in [1.165, 1.54) is 4.88 Å². The van der Waals surface area contributed by atoms with Crippen molar-refractivity contribution in [3.8, 4) is 0 Å². The SMILES string of the molecule is Cc1ncsc1CCSc1cccc(C=O)c1. The number of carbonyl (C=O) groups excluding carboxylic acids is 1. The normalized spacial score (nSPS) is 10.4. The van der Waals surface area contributed by atoms with Crippen molar-refractivity contribution >= 4 is 29.4 Å². The molecular formula is C13H13NOS2. The number of aromatic nitrogens is 1. The quantitative estimate of drug-likeness (QED) is 0.610. The minimum absolute atomic E-state index is 0.740. The summed E-state index contributed by atoms with van der Waals surface area (Å²) >= 11 is 3.49. The first-order chi connectivity index (χ1) is 8.29. The first kappa shape index (κ1) is 12.3. The fraction of sp³-hybridized carbons (Fsp3) is 0.231. The van der Waals surface area contributed by atoms with Gasteiger partial charge in [0, 0.05) is 21.1 Å². The van der Waals surface area contributed by atoms with E-state index in [1.807, 2.05) is 36.7 Å². The summed E-state index contributed by atoms with van der Waals surface area (Å²) in [6.45, 7) is 2.05. The molecule has 0 aliphatic heterocycles. The van der Waals surface area contributed by atoms with E-state index in [0.717, 1.165) is 34.6 Å². The van der Waals surface area contributed by atoms with Gasteiger partial charge in [0.1, 0.15) is 6.29 Å². The molecule has 0 N–H and O–H groups in total. The van der Waals surface area contributed by atoms with Crippen LogP contribution in [-0.4, -0.2) is 17.0 Å². The predicted octanol–water partition coefficient (Wildman–Crippen LogP) is 3.60. The Hall–Kier alpha value is -1.13. The lowest BCUT2D eigenvalue weighted by molar-refractivity contribution is 0.112. The Balaban J connectivity index is 1.90. The molecule has 0 bridgehead atoms. The molecule has 0 saturated carbocycles. The van der Waals surface area contributed by atoms with Gasteiger partial charge in [-0.25, -0.2) is 4.98 Å². The molecule has 0 aliphatic carbocycles. The van der Waals surface area contributed by atoms with Gasteiger partial charge in [-0.15, -0.1) is 23.1 Å². The highest BCUT2D eigenvalue weighted by Gasteiger charge is 2.02. The molecule has 88 valence electrons. The Labute approximate surface area is 109 Å². The number of rotatable bonds is 5. The molecule has 2 rings (SSSR count). The van der Waals surface area contributed by atoms with Gasteiger partial charge in [0.25, 0.3) is 0 Å². The molecule has 4 heteroatoms. The third kappa shape index (κ3) is 3.41. The Morgan fingerprint density at radius 1 is 1.47 bits per heavy atom. The standard InChI is InChI=1S/C13H13NOS2/c1-10-13(17-9-14-10)5-6-16-12-4-2-3-11(7-12)8-15/h2-4,7-9H,5-6H2,1H3. The third-order valence-electron chi connectivity index (χ3n) is 2.44. The molecule has 1 aromatic heterocycles. The van der Waals surface area contributed by atoms with Crippen LogP contribution in [0.5, 0.6) is 0 Å². The van der Waals surface area contributed by atoms with E-state index >= 15 is 0 Å². The maximum atomic E-state index is 10.6. The highest BCUT2D eigenvalue weighted by atomic mass is 32.2. The smallest absolute Gasteiger partial charge is 0.150 e. The number of hydrogen-bond acceptors (Lipinski definition) is 4. The van der Waals surface area contributed by atoms with Gasteiger partial charge < -0.3 is 0 Å². The molecule has 1 heterocycles. The zero-order valence-corrected chi connectivity index (χ0v) is 11.2. The maximum absolute atomic E-state index is 10.6. The van der Waals surface area contributed by atoms with Crippen molar-refractivity contribution in [2.75, 3.05) is 5.75 Å². The zero-order valence-electron chi connectivity index (χ0n) is 9.55. The Morgan fingerprint density at radius 2 is 2.35 bits per heavy atom. The number of aldehydes is 1. The van der Waals surface area contributed by atoms with Crippen LogP contribution in [0.4, 0.5) is 0 Å². The van der Waals surface area contributed by atoms with Crippen molar-refractivity contribution in [2.24, 2.45) is 0 Å². The van der Waals surface area contributed by atoms with Crippen molar-refractivity contribution in [1.82, 2.24) is 4.98 Å². The Morgan fingerprint density at radius 3 is 3.06 bits per heavy atom. The minimum atomic E-state index is 0.740. The van der Waals surface area contributed by atoms with Crippen molar-refractivity contribution in [1.29, 1.82) is 0 Å². The lowest BCUT2D eigenvalue weighted by Crippen LogP contribution is -1.88. The number of thioether (sulfide) groups is 1. The molecule has 0 fully saturated rings. The second-order valence-corrected chi connectivity index (χ2v) is 5.76. The van der Waals surface area contributed by atoms with E-state index in [2.05, 4.69) is 4.98 Å². The lowest BCUT2D eigenvalue weighted by atomic mass is 10.2. The average Bonchev–Trinajstić information content (AvgIpc) is 2.76. The summed E-state index contributed by atoms with van der Waals surface area (Å²) in [4.78, 5) is 17.4. The molecule has 0 amide bonds. The fourth-order valence-corrected chi connectivity index (χ4v) is 3.35. The van der Waals surface area contributed by atoms with E-state index in [9.17, 15) is 4.79 Å². The van der Waals surface area contributed by atoms with Crippen LogP contribution in [0.2, 0.25) is 0 Å². The maximum Gasteiger partial charge on any atom is 0.150 e. The first-order valence-electron chi connectivity index (χ1n) is 5.36. The second-order valence-electron chi connectivity index (χ2n) is 3.65. The van der Waals surface area contributed by atoms with E-state index in [1.54, 1.807) is 23.1 Å². The molecule has 0 saturated heterocycles. The van der Waals surface area contributed by atoms with Gasteiger partial charge in [-0.2, -0.15) is 0 Å². The summed E-state index contributed by atoms with van der Waals surface area (Å²) in [5.74, 6) is 1.02. The number of aryl methyl sites for hydroxylation is 2. The van der Waals surface area contributed by atoms with Gasteiger partial charge in [0.2, 0.25) is 0 Å². The Kier molecular flexibility index (Phi) is 4.34. The van der Waals surface area contributed by atoms with Gasteiger partial charge in [0.15, 0.2) is 0 Å². The van der Waals surface area contributed by atoms with Crippen LogP contribution in [0.1, 0.15) is 20.9 Å². The number of nitrogens with zero attached hydrogens (tertiary/aromatic N) is 1. The second kappa shape index (κ2) is 5.98. The number of thiazole rings is 1. The summed E-state index contributed by atoms with van der Waals surface area (Å²) in [5, 5.41) is 0. The van der Waals surface area contributed by atoms with Crippen molar-refractivity contribution in [3.05, 3.63) is 45.9 Å². The molecule has 17 heavy (non-hydrogen) atoms. The van der Waals surface area contributed by atoms with Gasteiger partial charge in [-0.05, 0) is 25.5 Å². The van der Waals surface area contributed by atoms with Crippen LogP contribution in [0.25, 0.3) is 0 Å². The number of carbonyl (C=O) groups is 1. The zero-order chi connectivity index (χ0) is 12.1. The molecule has 2 aromatic rings. The van der Waals surface area contributed by atoms with Crippen LogP contribution < -0.4 is 0 Å². The molecule has 0 spiro atoms. The molecule has 2 nitrogen and oxygen atoms in total. The summed E-state index contributed by atoms with van der Waals surface area (Å²) in [7, 11) is 0. The Bertz CT molecular complexity index is 508. The topological polar surface area (TPSA) is 30.0 Å². The van der Waals surface area contributed by atoms with Crippen LogP contribution in [0, 0.1) is 6.92 Å². The van der Waals surface area contributed by atoms with E-state index in [-0.39, 0.29) is 0 Å². The van der Waals surface area contributed by atoms with E-state index in [0.29, 0.717) is 0 Å². The van der Waals surface area contributed by atoms with Gasteiger partial charge in [0.05, 0.1) is 11.2 Å². The average molecular weight is 263 g/mol. The van der Waals surface area contributed by atoms with Crippen molar-refractivity contribution < 1.29 is 4.79 Å². The fourth-order valence-electron chi connectivity index (χ4n) is 1.51. The molecule has 0 radical (unpaired) electrons. The highest BCUT2D eigenvalue weighted by molar-refractivity contribution is 7.99. The number of benzene rings is 1. The first-order valence-corrected chi connectivity index (χ1v) is 7.23. The summed E-state index contributed by atoms with van der Waals surface area (Å²) in [5.41, 5.74) is 3.77. The summed E-state index contributed by atoms with van der Waals surface area (Å²) < 4.78 is 0. The van der Waals surface area contributed by atoms with Crippen LogP contribution >= 0.6 is 23.1 Å². The lowest BCUT2D eigenvalue weighted by Gasteiger charge is -2.01. The van der Waals surface area contributed by atoms with Crippen LogP contribution in [0.15, 0.2) is 34.7 Å².